The number of rotatable bonds is 5. The molecule has 0 aromatic heterocycles. The van der Waals surface area contributed by atoms with E-state index in [4.69, 9.17) is 14.2 Å². The van der Waals surface area contributed by atoms with Crippen molar-refractivity contribution < 1.29 is 19.0 Å². The summed E-state index contributed by atoms with van der Waals surface area (Å²) in [5, 5.41) is 0. The number of carbonyl (C=O) groups is 1. The lowest BCUT2D eigenvalue weighted by molar-refractivity contribution is -0.115. The minimum absolute atomic E-state index is 0.0372. The number of methoxy groups -OCH3 is 1. The second kappa shape index (κ2) is 8.10. The summed E-state index contributed by atoms with van der Waals surface area (Å²) < 4.78 is 17.0. The summed E-state index contributed by atoms with van der Waals surface area (Å²) in [6.07, 6.45) is 8.69. The molecule has 0 radical (unpaired) electrons. The summed E-state index contributed by atoms with van der Waals surface area (Å²) in [5.41, 5.74) is 5.10. The molecule has 2 aliphatic heterocycles. The number of carbonyl (C=O) groups excluding carboxylic acids is 1. The number of likely N-dealkylation sites (N-methyl/N-ethyl adjacent to an activating group) is 1. The monoisotopic (exact) mass is 411 g/mol. The second-order valence-corrected chi connectivity index (χ2v) is 9.40. The highest BCUT2D eigenvalue weighted by Crippen LogP contribution is 2.50. The van der Waals surface area contributed by atoms with Crippen molar-refractivity contribution >= 4 is 5.78 Å². The largest absolute Gasteiger partial charge is 0.492 e. The highest BCUT2D eigenvalue weighted by molar-refractivity contribution is 5.91. The Morgan fingerprint density at radius 3 is 2.87 bits per heavy atom. The van der Waals surface area contributed by atoms with Crippen molar-refractivity contribution in [1.82, 2.24) is 4.90 Å². The average molecular weight is 412 g/mol. The molecule has 162 valence electrons. The van der Waals surface area contributed by atoms with Gasteiger partial charge in [0.05, 0.1) is 7.11 Å². The highest BCUT2D eigenvalue weighted by atomic mass is 16.7. The van der Waals surface area contributed by atoms with Crippen LogP contribution in [0.1, 0.15) is 63.6 Å². The van der Waals surface area contributed by atoms with Crippen molar-refractivity contribution in [2.45, 2.75) is 58.9 Å². The number of benzene rings is 1. The third-order valence-electron chi connectivity index (χ3n) is 6.92. The summed E-state index contributed by atoms with van der Waals surface area (Å²) in [5.74, 6) is 2.24. The van der Waals surface area contributed by atoms with Crippen LogP contribution in [0.5, 0.6) is 17.2 Å². The van der Waals surface area contributed by atoms with E-state index in [1.165, 1.54) is 29.6 Å². The van der Waals surface area contributed by atoms with Gasteiger partial charge in [0.1, 0.15) is 0 Å². The lowest BCUT2D eigenvalue weighted by Crippen LogP contribution is -2.33. The Hall–Kier alpha value is -2.27. The SMILES string of the molecule is COc1c2c(cc3c1C(CC(=O)/C=C/C1=C(C)CCCC1(C)C)N(C)CC3)OCO2. The van der Waals surface area contributed by atoms with Crippen LogP contribution in [-0.4, -0.2) is 38.2 Å². The first-order valence-electron chi connectivity index (χ1n) is 10.9. The van der Waals surface area contributed by atoms with Gasteiger partial charge in [0, 0.05) is 24.6 Å². The maximum Gasteiger partial charge on any atom is 0.231 e. The Labute approximate surface area is 179 Å². The molecule has 0 saturated carbocycles. The molecular formula is C25H33NO4. The van der Waals surface area contributed by atoms with Gasteiger partial charge in [0.15, 0.2) is 17.3 Å². The van der Waals surface area contributed by atoms with Gasteiger partial charge in [-0.1, -0.05) is 25.5 Å². The van der Waals surface area contributed by atoms with Crippen LogP contribution >= 0.6 is 0 Å². The molecule has 0 bridgehead atoms. The second-order valence-electron chi connectivity index (χ2n) is 9.40. The number of hydrogen-bond acceptors (Lipinski definition) is 5. The predicted octanol–water partition coefficient (Wildman–Crippen LogP) is 4.99. The van der Waals surface area contributed by atoms with Crippen molar-refractivity contribution in [3.8, 4) is 17.2 Å². The number of fused-ring (bicyclic) bond motifs is 2. The zero-order chi connectivity index (χ0) is 21.5. The third kappa shape index (κ3) is 3.76. The average Bonchev–Trinajstić information content (AvgIpc) is 3.16. The fraction of sp³-hybridized carbons (Fsp3) is 0.560. The number of nitrogens with zero attached hydrogens (tertiary/aromatic N) is 1. The van der Waals surface area contributed by atoms with Crippen LogP contribution < -0.4 is 14.2 Å². The molecule has 1 aromatic rings. The maximum atomic E-state index is 13.0. The zero-order valence-electron chi connectivity index (χ0n) is 18.8. The van der Waals surface area contributed by atoms with E-state index in [-0.39, 0.29) is 24.0 Å². The van der Waals surface area contributed by atoms with Crippen molar-refractivity contribution in [1.29, 1.82) is 0 Å². The Morgan fingerprint density at radius 2 is 2.13 bits per heavy atom. The molecule has 1 unspecified atom stereocenters. The normalized spacial score (nSPS) is 23.0. The molecule has 30 heavy (non-hydrogen) atoms. The van der Waals surface area contributed by atoms with E-state index in [9.17, 15) is 4.79 Å². The summed E-state index contributed by atoms with van der Waals surface area (Å²) in [6, 6.07) is 2.02. The highest BCUT2D eigenvalue weighted by Gasteiger charge is 2.35. The van der Waals surface area contributed by atoms with E-state index >= 15 is 0 Å². The van der Waals surface area contributed by atoms with E-state index in [1.54, 1.807) is 13.2 Å². The van der Waals surface area contributed by atoms with Crippen molar-refractivity contribution in [3.63, 3.8) is 0 Å². The van der Waals surface area contributed by atoms with Crippen LogP contribution in [-0.2, 0) is 11.2 Å². The van der Waals surface area contributed by atoms with Gasteiger partial charge < -0.3 is 14.2 Å². The van der Waals surface area contributed by atoms with E-state index in [0.29, 0.717) is 17.9 Å². The van der Waals surface area contributed by atoms with Gasteiger partial charge in [-0.3, -0.25) is 9.69 Å². The molecule has 0 spiro atoms. The van der Waals surface area contributed by atoms with Crippen molar-refractivity contribution in [2.75, 3.05) is 27.5 Å². The van der Waals surface area contributed by atoms with E-state index in [1.807, 2.05) is 0 Å². The molecular weight excluding hydrogens is 378 g/mol. The van der Waals surface area contributed by atoms with Crippen LogP contribution in [0.2, 0.25) is 0 Å². The van der Waals surface area contributed by atoms with Crippen molar-refractivity contribution in [2.24, 2.45) is 5.41 Å². The Balaban J connectivity index is 1.61. The molecule has 0 saturated heterocycles. The van der Waals surface area contributed by atoms with Crippen LogP contribution in [0.15, 0.2) is 29.4 Å². The van der Waals surface area contributed by atoms with Gasteiger partial charge in [-0.05, 0) is 68.3 Å². The van der Waals surface area contributed by atoms with Crippen molar-refractivity contribution in [3.05, 3.63) is 40.5 Å². The van der Waals surface area contributed by atoms with Crippen LogP contribution in [0.25, 0.3) is 0 Å². The predicted molar refractivity (Wildman–Crippen MR) is 117 cm³/mol. The number of ether oxygens (including phenoxy) is 3. The van der Waals surface area contributed by atoms with Gasteiger partial charge in [-0.2, -0.15) is 0 Å². The summed E-state index contributed by atoms with van der Waals surface area (Å²) in [7, 11) is 3.73. The quantitative estimate of drug-likeness (QED) is 0.639. The molecule has 5 nitrogen and oxygen atoms in total. The van der Waals surface area contributed by atoms with Gasteiger partial charge in [0.25, 0.3) is 0 Å². The first kappa shape index (κ1) is 21.0. The Kier molecular flexibility index (Phi) is 5.67. The fourth-order valence-corrected chi connectivity index (χ4v) is 5.23. The smallest absolute Gasteiger partial charge is 0.231 e. The lowest BCUT2D eigenvalue weighted by Gasteiger charge is -2.35. The molecule has 1 aliphatic carbocycles. The maximum absolute atomic E-state index is 13.0. The number of ketones is 1. The standard InChI is InChI=1S/C25H33NO4/c1-16-7-6-11-25(2,3)19(16)9-8-18(27)14-20-22-17(10-12-26(20)4)13-21-23(24(22)28-5)30-15-29-21/h8-9,13,20H,6-7,10-12,14-15H2,1-5H3/b9-8+. The summed E-state index contributed by atoms with van der Waals surface area (Å²) in [4.78, 5) is 15.3. The first-order chi connectivity index (χ1) is 14.3. The molecule has 0 amide bonds. The van der Waals surface area contributed by atoms with Crippen LogP contribution in [0.3, 0.4) is 0 Å². The topological polar surface area (TPSA) is 48.0 Å². The molecule has 1 aromatic carbocycles. The fourth-order valence-electron chi connectivity index (χ4n) is 5.23. The number of hydrogen-bond donors (Lipinski definition) is 0. The minimum atomic E-state index is -0.0372. The van der Waals surface area contributed by atoms with Crippen LogP contribution in [0.4, 0.5) is 0 Å². The molecule has 0 fully saturated rings. The zero-order valence-corrected chi connectivity index (χ0v) is 18.8. The first-order valence-corrected chi connectivity index (χ1v) is 10.9. The minimum Gasteiger partial charge on any atom is -0.492 e. The van der Waals surface area contributed by atoms with E-state index in [0.717, 1.165) is 30.7 Å². The Morgan fingerprint density at radius 1 is 1.33 bits per heavy atom. The Bertz CT molecular complexity index is 912. The summed E-state index contributed by atoms with van der Waals surface area (Å²) >= 11 is 0. The van der Waals surface area contributed by atoms with E-state index < -0.39 is 0 Å². The molecule has 2 heterocycles. The van der Waals surface area contributed by atoms with Crippen LogP contribution in [0, 0.1) is 5.41 Å². The molecule has 0 N–H and O–H groups in total. The lowest BCUT2D eigenvalue weighted by atomic mass is 9.72. The molecule has 3 aliphatic rings. The van der Waals surface area contributed by atoms with Gasteiger partial charge in [0.2, 0.25) is 12.5 Å². The number of allylic oxidation sites excluding steroid dienone is 4. The van der Waals surface area contributed by atoms with Gasteiger partial charge in [-0.15, -0.1) is 0 Å². The molecule has 5 heteroatoms. The van der Waals surface area contributed by atoms with Gasteiger partial charge in [-0.25, -0.2) is 0 Å². The van der Waals surface area contributed by atoms with Gasteiger partial charge >= 0.3 is 0 Å². The molecule has 4 rings (SSSR count). The summed E-state index contributed by atoms with van der Waals surface area (Å²) in [6.45, 7) is 7.86. The molecule has 1 atom stereocenters. The third-order valence-corrected chi connectivity index (χ3v) is 6.92. The van der Waals surface area contributed by atoms with E-state index in [2.05, 4.69) is 44.9 Å².